The number of hydrogen-bond acceptors (Lipinski definition) is 6. The molecule has 1 aliphatic rings. The smallest absolute Gasteiger partial charge is 0.257 e. The third kappa shape index (κ3) is 6.39. The molecule has 1 amide bonds. The van der Waals surface area contributed by atoms with Crippen LogP contribution in [0.5, 0.6) is 5.75 Å². The standard InChI is InChI=1S/C21H26N4O4S2/c1-3-29-19-6-4-5-16(15-19)20(26)23-21(30)22-17-7-9-18(10-8-17)24-11-13-25(14-12-24)31(2,27)28/h4-10,15H,3,11-14H2,1-2H3,(H2,22,23,26,30). The number of carbonyl (C=O) groups is 1. The van der Waals surface area contributed by atoms with E-state index in [1.807, 2.05) is 31.2 Å². The Hall–Kier alpha value is -2.69. The molecule has 2 aromatic carbocycles. The number of amides is 1. The van der Waals surface area contributed by atoms with E-state index in [2.05, 4.69) is 15.5 Å². The first-order valence-corrected chi connectivity index (χ1v) is 12.2. The van der Waals surface area contributed by atoms with Crippen molar-refractivity contribution in [2.45, 2.75) is 6.92 Å². The quantitative estimate of drug-likeness (QED) is 0.637. The first kappa shape index (κ1) is 23.0. The molecule has 0 aliphatic carbocycles. The minimum atomic E-state index is -3.15. The van der Waals surface area contributed by atoms with Crippen molar-refractivity contribution >= 4 is 44.6 Å². The highest BCUT2D eigenvalue weighted by Gasteiger charge is 2.23. The van der Waals surface area contributed by atoms with E-state index in [0.29, 0.717) is 44.1 Å². The molecular formula is C21H26N4O4S2. The summed E-state index contributed by atoms with van der Waals surface area (Å²) >= 11 is 5.25. The van der Waals surface area contributed by atoms with Gasteiger partial charge in [-0.25, -0.2) is 8.42 Å². The van der Waals surface area contributed by atoms with Crippen LogP contribution in [0.4, 0.5) is 11.4 Å². The molecule has 1 fully saturated rings. The monoisotopic (exact) mass is 462 g/mol. The SMILES string of the molecule is CCOc1cccc(C(=O)NC(=S)Nc2ccc(N3CCN(S(C)(=O)=O)CC3)cc2)c1. The van der Waals surface area contributed by atoms with Crippen LogP contribution in [0.15, 0.2) is 48.5 Å². The van der Waals surface area contributed by atoms with Crippen LogP contribution in [0.3, 0.4) is 0 Å². The zero-order valence-corrected chi connectivity index (χ0v) is 19.1. The summed E-state index contributed by atoms with van der Waals surface area (Å²) in [5.41, 5.74) is 2.20. The molecule has 0 radical (unpaired) electrons. The number of rotatable bonds is 6. The third-order valence-corrected chi connectivity index (χ3v) is 6.34. The molecule has 1 aliphatic heterocycles. The molecular weight excluding hydrogens is 436 g/mol. The summed E-state index contributed by atoms with van der Waals surface area (Å²) in [7, 11) is -3.15. The average Bonchev–Trinajstić information content (AvgIpc) is 2.74. The van der Waals surface area contributed by atoms with Crippen LogP contribution in [0, 0.1) is 0 Å². The number of benzene rings is 2. The molecule has 0 atom stereocenters. The number of thiocarbonyl (C=S) groups is 1. The number of carbonyl (C=O) groups excluding carboxylic acids is 1. The minimum Gasteiger partial charge on any atom is -0.494 e. The molecule has 8 nitrogen and oxygen atoms in total. The topological polar surface area (TPSA) is 91.0 Å². The molecule has 1 saturated heterocycles. The summed E-state index contributed by atoms with van der Waals surface area (Å²) in [6.45, 7) is 4.62. The van der Waals surface area contributed by atoms with Gasteiger partial charge in [0, 0.05) is 43.1 Å². The Labute approximate surface area is 188 Å². The molecule has 0 spiro atoms. The molecule has 0 saturated carbocycles. The van der Waals surface area contributed by atoms with Crippen LogP contribution in [-0.2, 0) is 10.0 Å². The van der Waals surface area contributed by atoms with Crippen LogP contribution < -0.4 is 20.3 Å². The van der Waals surface area contributed by atoms with Gasteiger partial charge >= 0.3 is 0 Å². The zero-order chi connectivity index (χ0) is 22.4. The Morgan fingerprint density at radius 1 is 1.10 bits per heavy atom. The van der Waals surface area contributed by atoms with E-state index in [1.54, 1.807) is 24.3 Å². The minimum absolute atomic E-state index is 0.196. The largest absolute Gasteiger partial charge is 0.494 e. The lowest BCUT2D eigenvalue weighted by Crippen LogP contribution is -2.48. The third-order valence-electron chi connectivity index (χ3n) is 4.83. The van der Waals surface area contributed by atoms with E-state index in [4.69, 9.17) is 17.0 Å². The van der Waals surface area contributed by atoms with E-state index < -0.39 is 10.0 Å². The van der Waals surface area contributed by atoms with Crippen molar-refractivity contribution in [3.63, 3.8) is 0 Å². The maximum absolute atomic E-state index is 12.4. The summed E-state index contributed by atoms with van der Waals surface area (Å²) in [4.78, 5) is 14.5. The van der Waals surface area contributed by atoms with Crippen molar-refractivity contribution in [3.8, 4) is 5.75 Å². The van der Waals surface area contributed by atoms with Gasteiger partial charge in [-0.3, -0.25) is 10.1 Å². The highest BCUT2D eigenvalue weighted by Crippen LogP contribution is 2.20. The molecule has 2 aromatic rings. The summed E-state index contributed by atoms with van der Waals surface area (Å²) in [6, 6.07) is 14.5. The summed E-state index contributed by atoms with van der Waals surface area (Å²) < 4.78 is 30.2. The van der Waals surface area contributed by atoms with Crippen LogP contribution in [0.2, 0.25) is 0 Å². The molecule has 10 heteroatoms. The van der Waals surface area contributed by atoms with Gasteiger partial charge in [0.1, 0.15) is 5.75 Å². The fraction of sp³-hybridized carbons (Fsp3) is 0.333. The van der Waals surface area contributed by atoms with E-state index >= 15 is 0 Å². The molecule has 1 heterocycles. The fourth-order valence-electron chi connectivity index (χ4n) is 3.26. The molecule has 0 unspecified atom stereocenters. The number of hydrogen-bond donors (Lipinski definition) is 2. The van der Waals surface area contributed by atoms with Gasteiger partial charge in [0.05, 0.1) is 12.9 Å². The molecule has 0 bridgehead atoms. The van der Waals surface area contributed by atoms with Crippen LogP contribution >= 0.6 is 12.2 Å². The molecule has 166 valence electrons. The number of sulfonamides is 1. The first-order chi connectivity index (χ1) is 14.8. The predicted molar refractivity (Wildman–Crippen MR) is 126 cm³/mol. The normalized spacial score (nSPS) is 14.7. The Bertz CT molecular complexity index is 1030. The highest BCUT2D eigenvalue weighted by molar-refractivity contribution is 7.88. The Kier molecular flexibility index (Phi) is 7.47. The molecule has 31 heavy (non-hydrogen) atoms. The number of nitrogens with zero attached hydrogens (tertiary/aromatic N) is 2. The Morgan fingerprint density at radius 2 is 1.77 bits per heavy atom. The number of ether oxygens (including phenoxy) is 1. The predicted octanol–water partition coefficient (Wildman–Crippen LogP) is 2.29. The van der Waals surface area contributed by atoms with Crippen LogP contribution in [-0.4, -0.2) is 62.8 Å². The second-order valence-corrected chi connectivity index (χ2v) is 9.46. The van der Waals surface area contributed by atoms with E-state index in [0.717, 1.165) is 11.4 Å². The Balaban J connectivity index is 1.53. The van der Waals surface area contributed by atoms with Gasteiger partial charge in [0.2, 0.25) is 10.0 Å². The second-order valence-electron chi connectivity index (χ2n) is 7.07. The molecule has 3 rings (SSSR count). The lowest BCUT2D eigenvalue weighted by atomic mass is 10.2. The van der Waals surface area contributed by atoms with Gasteiger partial charge < -0.3 is 15.0 Å². The van der Waals surface area contributed by atoms with Gasteiger partial charge in [-0.15, -0.1) is 0 Å². The fourth-order valence-corrected chi connectivity index (χ4v) is 4.30. The highest BCUT2D eigenvalue weighted by atomic mass is 32.2. The van der Waals surface area contributed by atoms with Gasteiger partial charge in [-0.05, 0) is 61.6 Å². The lowest BCUT2D eigenvalue weighted by molar-refractivity contribution is 0.0977. The maximum Gasteiger partial charge on any atom is 0.257 e. The molecule has 2 N–H and O–H groups in total. The van der Waals surface area contributed by atoms with E-state index in [-0.39, 0.29) is 11.0 Å². The molecule has 0 aromatic heterocycles. The second kappa shape index (κ2) is 10.1. The van der Waals surface area contributed by atoms with Crippen molar-refractivity contribution < 1.29 is 17.9 Å². The van der Waals surface area contributed by atoms with Gasteiger partial charge in [0.25, 0.3) is 5.91 Å². The number of piperazine rings is 1. The van der Waals surface area contributed by atoms with Gasteiger partial charge in [-0.1, -0.05) is 6.07 Å². The van der Waals surface area contributed by atoms with Gasteiger partial charge in [0.15, 0.2) is 5.11 Å². The Morgan fingerprint density at radius 3 is 2.39 bits per heavy atom. The van der Waals surface area contributed by atoms with E-state index in [9.17, 15) is 13.2 Å². The zero-order valence-electron chi connectivity index (χ0n) is 17.5. The van der Waals surface area contributed by atoms with Crippen LogP contribution in [0.25, 0.3) is 0 Å². The van der Waals surface area contributed by atoms with Gasteiger partial charge in [-0.2, -0.15) is 4.31 Å². The average molecular weight is 463 g/mol. The maximum atomic E-state index is 12.4. The van der Waals surface area contributed by atoms with Crippen LogP contribution in [0.1, 0.15) is 17.3 Å². The van der Waals surface area contributed by atoms with Crippen molar-refractivity contribution in [1.29, 1.82) is 0 Å². The van der Waals surface area contributed by atoms with Crippen molar-refractivity contribution in [2.75, 3.05) is 49.3 Å². The lowest BCUT2D eigenvalue weighted by Gasteiger charge is -2.34. The summed E-state index contributed by atoms with van der Waals surface area (Å²) in [5, 5.41) is 5.86. The number of anilines is 2. The first-order valence-electron chi connectivity index (χ1n) is 9.91. The van der Waals surface area contributed by atoms with Crippen molar-refractivity contribution in [2.24, 2.45) is 0 Å². The van der Waals surface area contributed by atoms with Crippen molar-refractivity contribution in [1.82, 2.24) is 9.62 Å². The summed E-state index contributed by atoms with van der Waals surface area (Å²) in [5.74, 6) is 0.307. The summed E-state index contributed by atoms with van der Waals surface area (Å²) in [6.07, 6.45) is 1.24. The van der Waals surface area contributed by atoms with Crippen molar-refractivity contribution in [3.05, 3.63) is 54.1 Å². The number of nitrogens with one attached hydrogen (secondary N) is 2. The van der Waals surface area contributed by atoms with E-state index in [1.165, 1.54) is 10.6 Å².